The lowest BCUT2D eigenvalue weighted by atomic mass is 9.95. The second-order valence-electron chi connectivity index (χ2n) is 4.02. The summed E-state index contributed by atoms with van der Waals surface area (Å²) in [6.45, 7) is 3.88. The highest BCUT2D eigenvalue weighted by atomic mass is 16.5. The van der Waals surface area contributed by atoms with Crippen molar-refractivity contribution in [1.82, 2.24) is 0 Å². The molecule has 1 aromatic rings. The molecule has 0 heterocycles. The molecular formula is C13H16O2. The minimum absolute atomic E-state index is 0.0656. The van der Waals surface area contributed by atoms with E-state index in [0.717, 1.165) is 11.3 Å². The van der Waals surface area contributed by atoms with Gasteiger partial charge in [0.15, 0.2) is 0 Å². The number of rotatable bonds is 2. The molecule has 1 N–H and O–H groups in total. The molecule has 2 nitrogen and oxygen atoms in total. The van der Waals surface area contributed by atoms with Crippen LogP contribution in [-0.4, -0.2) is 18.8 Å². The molecule has 0 aromatic heterocycles. The van der Waals surface area contributed by atoms with E-state index in [0.29, 0.717) is 0 Å². The number of aliphatic hydroxyl groups excluding tert-OH is 1. The summed E-state index contributed by atoms with van der Waals surface area (Å²) in [5.41, 5.74) is 0.581. The van der Waals surface area contributed by atoms with Crippen molar-refractivity contribution in [2.45, 2.75) is 13.8 Å². The summed E-state index contributed by atoms with van der Waals surface area (Å²) < 4.78 is 5.05. The molecule has 0 spiro atoms. The van der Waals surface area contributed by atoms with Crippen molar-refractivity contribution in [3.05, 3.63) is 29.8 Å². The van der Waals surface area contributed by atoms with Crippen molar-refractivity contribution in [3.8, 4) is 17.6 Å². The Morgan fingerprint density at radius 3 is 2.33 bits per heavy atom. The highest BCUT2D eigenvalue weighted by Gasteiger charge is 2.11. The maximum absolute atomic E-state index is 9.03. The molecule has 0 fully saturated rings. The zero-order chi connectivity index (χ0) is 11.3. The fraction of sp³-hybridized carbons (Fsp3) is 0.385. The number of methoxy groups -OCH3 is 1. The van der Waals surface area contributed by atoms with Crippen LogP contribution in [0.5, 0.6) is 5.75 Å². The minimum Gasteiger partial charge on any atom is -0.497 e. The van der Waals surface area contributed by atoms with Crippen LogP contribution in [0.4, 0.5) is 0 Å². The van der Waals surface area contributed by atoms with Crippen molar-refractivity contribution >= 4 is 0 Å². The standard InChI is InChI=1S/C13H16O2/c1-13(2,10-14)9-8-11-4-6-12(15-3)7-5-11/h4-7,14H,10H2,1-3H3. The Morgan fingerprint density at radius 2 is 1.87 bits per heavy atom. The molecule has 1 aromatic carbocycles. The Balaban J connectivity index is 2.81. The molecule has 1 rings (SSSR count). The smallest absolute Gasteiger partial charge is 0.118 e. The lowest BCUT2D eigenvalue weighted by Gasteiger charge is -2.11. The fourth-order valence-corrected chi connectivity index (χ4v) is 0.955. The van der Waals surface area contributed by atoms with Gasteiger partial charge in [0.05, 0.1) is 13.7 Å². The number of hydrogen-bond acceptors (Lipinski definition) is 2. The van der Waals surface area contributed by atoms with Crippen LogP contribution in [0.25, 0.3) is 0 Å². The van der Waals surface area contributed by atoms with Gasteiger partial charge in [0, 0.05) is 11.0 Å². The molecule has 15 heavy (non-hydrogen) atoms. The second kappa shape index (κ2) is 4.86. The van der Waals surface area contributed by atoms with E-state index in [2.05, 4.69) is 11.8 Å². The van der Waals surface area contributed by atoms with Gasteiger partial charge < -0.3 is 9.84 Å². The van der Waals surface area contributed by atoms with Gasteiger partial charge in [0.1, 0.15) is 5.75 Å². The number of aliphatic hydroxyl groups is 1. The lowest BCUT2D eigenvalue weighted by Crippen LogP contribution is -2.13. The van der Waals surface area contributed by atoms with Gasteiger partial charge in [-0.2, -0.15) is 0 Å². The molecule has 0 radical (unpaired) electrons. The third kappa shape index (κ3) is 3.65. The van der Waals surface area contributed by atoms with Gasteiger partial charge in [-0.3, -0.25) is 0 Å². The van der Waals surface area contributed by atoms with E-state index < -0.39 is 0 Å². The van der Waals surface area contributed by atoms with Crippen molar-refractivity contribution in [2.75, 3.05) is 13.7 Å². The van der Waals surface area contributed by atoms with Crippen LogP contribution in [0.2, 0.25) is 0 Å². The van der Waals surface area contributed by atoms with Crippen molar-refractivity contribution in [2.24, 2.45) is 5.41 Å². The monoisotopic (exact) mass is 204 g/mol. The summed E-state index contributed by atoms with van der Waals surface area (Å²) in [5.74, 6) is 6.86. The first-order chi connectivity index (χ1) is 7.07. The zero-order valence-corrected chi connectivity index (χ0v) is 9.37. The van der Waals surface area contributed by atoms with Crippen LogP contribution in [0.1, 0.15) is 19.4 Å². The number of ether oxygens (including phenoxy) is 1. The molecule has 2 heteroatoms. The van der Waals surface area contributed by atoms with Gasteiger partial charge in [0.2, 0.25) is 0 Å². The highest BCUT2D eigenvalue weighted by molar-refractivity contribution is 5.39. The highest BCUT2D eigenvalue weighted by Crippen LogP contribution is 2.13. The summed E-state index contributed by atoms with van der Waals surface area (Å²) >= 11 is 0. The molecular weight excluding hydrogens is 188 g/mol. The molecule has 0 saturated carbocycles. The summed E-state index contributed by atoms with van der Waals surface area (Å²) in [4.78, 5) is 0. The van der Waals surface area contributed by atoms with Gasteiger partial charge in [-0.25, -0.2) is 0 Å². The molecule has 0 amide bonds. The van der Waals surface area contributed by atoms with E-state index in [1.807, 2.05) is 38.1 Å². The predicted octanol–water partition coefficient (Wildman–Crippen LogP) is 2.07. The summed E-state index contributed by atoms with van der Waals surface area (Å²) in [6, 6.07) is 7.55. The van der Waals surface area contributed by atoms with Crippen molar-refractivity contribution < 1.29 is 9.84 Å². The average Bonchev–Trinajstić information content (AvgIpc) is 2.27. The molecule has 0 aliphatic heterocycles. The summed E-state index contributed by atoms with van der Waals surface area (Å²) in [5, 5.41) is 9.03. The van der Waals surface area contributed by atoms with Crippen LogP contribution in [-0.2, 0) is 0 Å². The molecule has 0 saturated heterocycles. The van der Waals surface area contributed by atoms with E-state index in [9.17, 15) is 0 Å². The van der Waals surface area contributed by atoms with E-state index in [4.69, 9.17) is 9.84 Å². The van der Waals surface area contributed by atoms with Crippen LogP contribution in [0.3, 0.4) is 0 Å². The second-order valence-corrected chi connectivity index (χ2v) is 4.02. The molecule has 80 valence electrons. The van der Waals surface area contributed by atoms with Crippen LogP contribution in [0.15, 0.2) is 24.3 Å². The fourth-order valence-electron chi connectivity index (χ4n) is 0.955. The Bertz CT molecular complexity index is 366. The molecule has 0 unspecified atom stereocenters. The SMILES string of the molecule is COc1ccc(C#CC(C)(C)CO)cc1. The summed E-state index contributed by atoms with van der Waals surface area (Å²) in [6.07, 6.45) is 0. The Hall–Kier alpha value is -1.46. The molecule has 0 atom stereocenters. The maximum atomic E-state index is 9.03. The van der Waals surface area contributed by atoms with Gasteiger partial charge in [-0.1, -0.05) is 11.8 Å². The van der Waals surface area contributed by atoms with E-state index in [1.165, 1.54) is 0 Å². The van der Waals surface area contributed by atoms with Crippen molar-refractivity contribution in [1.29, 1.82) is 0 Å². The molecule has 0 aliphatic rings. The average molecular weight is 204 g/mol. The Kier molecular flexibility index (Phi) is 3.76. The first-order valence-electron chi connectivity index (χ1n) is 4.85. The minimum atomic E-state index is -0.347. The van der Waals surface area contributed by atoms with Crippen LogP contribution < -0.4 is 4.74 Å². The maximum Gasteiger partial charge on any atom is 0.118 e. The molecule has 0 aliphatic carbocycles. The largest absolute Gasteiger partial charge is 0.497 e. The van der Waals surface area contributed by atoms with Gasteiger partial charge in [0.25, 0.3) is 0 Å². The van der Waals surface area contributed by atoms with Crippen LogP contribution >= 0.6 is 0 Å². The van der Waals surface area contributed by atoms with Crippen LogP contribution in [0, 0.1) is 17.3 Å². The van der Waals surface area contributed by atoms with Gasteiger partial charge >= 0.3 is 0 Å². The number of hydrogen-bond donors (Lipinski definition) is 1. The van der Waals surface area contributed by atoms with E-state index >= 15 is 0 Å². The normalized spacial score (nSPS) is 10.4. The third-order valence-electron chi connectivity index (χ3n) is 2.03. The quantitative estimate of drug-likeness (QED) is 0.747. The Labute approximate surface area is 90.9 Å². The first kappa shape index (κ1) is 11.6. The molecule has 0 bridgehead atoms. The summed E-state index contributed by atoms with van der Waals surface area (Å²) in [7, 11) is 1.63. The first-order valence-corrected chi connectivity index (χ1v) is 4.85. The third-order valence-corrected chi connectivity index (χ3v) is 2.03. The zero-order valence-electron chi connectivity index (χ0n) is 9.37. The van der Waals surface area contributed by atoms with Gasteiger partial charge in [-0.05, 0) is 38.1 Å². The topological polar surface area (TPSA) is 29.5 Å². The Morgan fingerprint density at radius 1 is 1.27 bits per heavy atom. The van der Waals surface area contributed by atoms with Gasteiger partial charge in [-0.15, -0.1) is 0 Å². The predicted molar refractivity (Wildman–Crippen MR) is 60.7 cm³/mol. The van der Waals surface area contributed by atoms with E-state index in [1.54, 1.807) is 7.11 Å². The van der Waals surface area contributed by atoms with E-state index in [-0.39, 0.29) is 12.0 Å². The van der Waals surface area contributed by atoms with Crippen molar-refractivity contribution in [3.63, 3.8) is 0 Å². The number of benzene rings is 1. The lowest BCUT2D eigenvalue weighted by molar-refractivity contribution is 0.206.